The molecule has 170 valence electrons. The lowest BCUT2D eigenvalue weighted by molar-refractivity contribution is -0.133. The Labute approximate surface area is 194 Å². The van der Waals surface area contributed by atoms with Crippen molar-refractivity contribution in [2.45, 2.75) is 20.1 Å². The molecule has 0 saturated carbocycles. The Bertz CT molecular complexity index is 1100. The van der Waals surface area contributed by atoms with E-state index >= 15 is 0 Å². The molecular weight excluding hydrogens is 418 g/mol. The molecule has 0 aliphatic heterocycles. The van der Waals surface area contributed by atoms with E-state index in [2.05, 4.69) is 5.16 Å². The Hall–Kier alpha value is -4.06. The molecule has 3 aromatic carbocycles. The summed E-state index contributed by atoms with van der Waals surface area (Å²) in [5, 5.41) is 4.20. The van der Waals surface area contributed by atoms with Gasteiger partial charge in [-0.1, -0.05) is 59.8 Å². The molecule has 0 aliphatic carbocycles. The monoisotopic (exact) mass is 445 g/mol. The van der Waals surface area contributed by atoms with E-state index in [4.69, 9.17) is 19.0 Å². The first-order valence-corrected chi connectivity index (χ1v) is 10.5. The molecule has 0 amide bonds. The van der Waals surface area contributed by atoms with Crippen molar-refractivity contribution in [3.05, 3.63) is 107 Å². The van der Waals surface area contributed by atoms with E-state index < -0.39 is 5.97 Å². The summed E-state index contributed by atoms with van der Waals surface area (Å²) < 4.78 is 15.9. The van der Waals surface area contributed by atoms with Crippen molar-refractivity contribution in [3.63, 3.8) is 0 Å². The van der Waals surface area contributed by atoms with Crippen LogP contribution in [0.4, 0.5) is 0 Å². The molecule has 6 heteroatoms. The number of rotatable bonds is 10. The van der Waals surface area contributed by atoms with Gasteiger partial charge in [-0.2, -0.15) is 0 Å². The molecule has 0 spiro atoms. The molecule has 0 saturated heterocycles. The van der Waals surface area contributed by atoms with E-state index in [0.717, 1.165) is 22.4 Å². The van der Waals surface area contributed by atoms with Crippen LogP contribution in [0.1, 0.15) is 29.2 Å². The number of esters is 1. The molecule has 3 rings (SSSR count). The van der Waals surface area contributed by atoms with Gasteiger partial charge in [-0.15, -0.1) is 0 Å². The predicted molar refractivity (Wildman–Crippen MR) is 128 cm³/mol. The van der Waals surface area contributed by atoms with Crippen LogP contribution in [0, 0.1) is 0 Å². The Morgan fingerprint density at radius 1 is 0.879 bits per heavy atom. The Balaban J connectivity index is 1.63. The smallest absolute Gasteiger partial charge is 0.341 e. The van der Waals surface area contributed by atoms with Crippen molar-refractivity contribution < 1.29 is 23.8 Å². The minimum atomic E-state index is -0.474. The molecule has 0 aromatic heterocycles. The molecule has 0 unspecified atom stereocenters. The summed E-state index contributed by atoms with van der Waals surface area (Å²) in [5.41, 5.74) is 4.64. The molecule has 0 fully saturated rings. The zero-order valence-electron chi connectivity index (χ0n) is 19.0. The normalized spacial score (nSPS) is 11.6. The number of carbonyl (C=O) groups is 1. The number of ether oxygens (including phenoxy) is 3. The van der Waals surface area contributed by atoms with E-state index in [1.54, 1.807) is 0 Å². The van der Waals surface area contributed by atoms with Gasteiger partial charge in [0.2, 0.25) is 0 Å². The molecule has 33 heavy (non-hydrogen) atoms. The quantitative estimate of drug-likeness (QED) is 0.138. The highest BCUT2D eigenvalue weighted by Gasteiger charge is 2.16. The van der Waals surface area contributed by atoms with Gasteiger partial charge in [0.25, 0.3) is 0 Å². The summed E-state index contributed by atoms with van der Waals surface area (Å²) in [6.45, 7) is 2.60. The molecule has 6 nitrogen and oxygen atoms in total. The molecule has 0 heterocycles. The van der Waals surface area contributed by atoms with E-state index in [1.165, 1.54) is 20.5 Å². The van der Waals surface area contributed by atoms with Crippen LogP contribution in [0.15, 0.2) is 90.3 Å². The summed E-state index contributed by atoms with van der Waals surface area (Å²) in [6.07, 6.45) is 1.38. The van der Waals surface area contributed by atoms with Crippen molar-refractivity contribution in [1.82, 2.24) is 0 Å². The number of carbonyl (C=O) groups excluding carboxylic acids is 1. The molecule has 0 atom stereocenters. The fraction of sp³-hybridized carbons (Fsp3) is 0.185. The van der Waals surface area contributed by atoms with Gasteiger partial charge in [0.1, 0.15) is 24.5 Å². The third kappa shape index (κ3) is 6.71. The fourth-order valence-electron chi connectivity index (χ4n) is 3.14. The SMILES string of the molecule is CO/C=C(\C(=O)OC)c1ccccc1COc1ccc(/C(C)=N/OCc2ccccc2)cc1. The van der Waals surface area contributed by atoms with Gasteiger partial charge >= 0.3 is 5.97 Å². The van der Waals surface area contributed by atoms with Crippen molar-refractivity contribution >= 4 is 17.3 Å². The van der Waals surface area contributed by atoms with E-state index in [1.807, 2.05) is 85.8 Å². The van der Waals surface area contributed by atoms with Gasteiger partial charge in [0.15, 0.2) is 0 Å². The lowest BCUT2D eigenvalue weighted by Crippen LogP contribution is -2.08. The summed E-state index contributed by atoms with van der Waals surface area (Å²) in [4.78, 5) is 17.6. The highest BCUT2D eigenvalue weighted by atomic mass is 16.6. The van der Waals surface area contributed by atoms with Crippen LogP contribution in [-0.4, -0.2) is 25.9 Å². The molecule has 0 bridgehead atoms. The summed E-state index contributed by atoms with van der Waals surface area (Å²) in [5.74, 6) is 0.222. The van der Waals surface area contributed by atoms with Gasteiger partial charge in [-0.25, -0.2) is 4.79 Å². The number of hydrogen-bond acceptors (Lipinski definition) is 6. The second kappa shape index (κ2) is 12.1. The number of hydrogen-bond donors (Lipinski definition) is 0. The maximum Gasteiger partial charge on any atom is 0.341 e. The Kier molecular flexibility index (Phi) is 8.65. The lowest BCUT2D eigenvalue weighted by atomic mass is 10.0. The first-order chi connectivity index (χ1) is 16.1. The second-order valence-corrected chi connectivity index (χ2v) is 7.16. The maximum atomic E-state index is 12.2. The minimum absolute atomic E-state index is 0.279. The standard InChI is InChI=1S/C27H27NO5/c1-20(28-33-17-21-9-5-4-6-10-21)22-13-15-24(16-14-22)32-18-23-11-7-8-12-25(23)26(19-30-2)27(29)31-3/h4-16,19H,17-18H2,1-3H3/b26-19-,28-20+. The van der Waals surface area contributed by atoms with Crippen molar-refractivity contribution in [3.8, 4) is 5.75 Å². The van der Waals surface area contributed by atoms with Crippen molar-refractivity contribution in [2.24, 2.45) is 5.16 Å². The fourth-order valence-corrected chi connectivity index (χ4v) is 3.14. The number of methoxy groups -OCH3 is 2. The molecule has 0 N–H and O–H groups in total. The zero-order valence-corrected chi connectivity index (χ0v) is 19.0. The largest absolute Gasteiger partial charge is 0.503 e. The van der Waals surface area contributed by atoms with Crippen molar-refractivity contribution in [2.75, 3.05) is 14.2 Å². The first kappa shape index (κ1) is 23.6. The third-order valence-electron chi connectivity index (χ3n) is 4.89. The summed E-state index contributed by atoms with van der Waals surface area (Å²) in [7, 11) is 2.83. The van der Waals surface area contributed by atoms with Crippen LogP contribution in [0.2, 0.25) is 0 Å². The number of nitrogens with zero attached hydrogens (tertiary/aromatic N) is 1. The zero-order chi connectivity index (χ0) is 23.5. The van der Waals surface area contributed by atoms with Gasteiger partial charge in [0.05, 0.1) is 26.2 Å². The summed E-state index contributed by atoms with van der Waals surface area (Å²) in [6, 6.07) is 25.0. The molecular formula is C27H27NO5. The first-order valence-electron chi connectivity index (χ1n) is 10.5. The average Bonchev–Trinajstić information content (AvgIpc) is 2.86. The highest BCUT2D eigenvalue weighted by molar-refractivity contribution is 6.16. The topological polar surface area (TPSA) is 66.4 Å². The van der Waals surface area contributed by atoms with Crippen LogP contribution in [0.5, 0.6) is 5.75 Å². The predicted octanol–water partition coefficient (Wildman–Crippen LogP) is 5.37. The highest BCUT2D eigenvalue weighted by Crippen LogP contribution is 2.23. The Morgan fingerprint density at radius 2 is 1.58 bits per heavy atom. The van der Waals surface area contributed by atoms with Crippen molar-refractivity contribution in [1.29, 1.82) is 0 Å². The van der Waals surface area contributed by atoms with Gasteiger partial charge in [-0.3, -0.25) is 0 Å². The molecule has 0 radical (unpaired) electrons. The van der Waals surface area contributed by atoms with Crippen LogP contribution in [0.3, 0.4) is 0 Å². The second-order valence-electron chi connectivity index (χ2n) is 7.16. The average molecular weight is 446 g/mol. The van der Waals surface area contributed by atoms with Gasteiger partial charge in [-0.05, 0) is 53.4 Å². The minimum Gasteiger partial charge on any atom is -0.503 e. The van der Waals surface area contributed by atoms with Gasteiger partial charge < -0.3 is 19.0 Å². The van der Waals surface area contributed by atoms with Gasteiger partial charge in [0, 0.05) is 0 Å². The molecule has 0 aliphatic rings. The third-order valence-corrected chi connectivity index (χ3v) is 4.89. The Morgan fingerprint density at radius 3 is 2.27 bits per heavy atom. The number of benzene rings is 3. The lowest BCUT2D eigenvalue weighted by Gasteiger charge is -2.13. The summed E-state index contributed by atoms with van der Waals surface area (Å²) >= 11 is 0. The van der Waals surface area contributed by atoms with Crippen LogP contribution in [-0.2, 0) is 32.3 Å². The molecule has 3 aromatic rings. The van der Waals surface area contributed by atoms with Crippen LogP contribution >= 0.6 is 0 Å². The van der Waals surface area contributed by atoms with E-state index in [0.29, 0.717) is 23.5 Å². The maximum absolute atomic E-state index is 12.2. The van der Waals surface area contributed by atoms with Crippen LogP contribution in [0.25, 0.3) is 5.57 Å². The van der Waals surface area contributed by atoms with Crippen LogP contribution < -0.4 is 4.74 Å². The van der Waals surface area contributed by atoms with E-state index in [-0.39, 0.29) is 6.61 Å². The van der Waals surface area contributed by atoms with E-state index in [9.17, 15) is 4.79 Å². The number of oxime groups is 1.